The fourth-order valence-corrected chi connectivity index (χ4v) is 1.90. The number of halogens is 3. The van der Waals surface area contributed by atoms with Crippen molar-refractivity contribution >= 4 is 15.9 Å². The molecule has 0 saturated heterocycles. The monoisotopic (exact) mass is 288 g/mol. The molecule has 0 aliphatic heterocycles. The fraction of sp³-hybridized carbons (Fsp3) is 0.111. The predicted molar refractivity (Wildman–Crippen MR) is 56.9 cm³/mol. The molecule has 0 saturated carbocycles. The standard InChI is InChI=1S/C9H7BrF2N4/c10-7-1-5(11)2-8(12)9(7)16-6(3-13)4-14-15-16/h1-2,4H,3,13H2. The molecule has 0 aliphatic carbocycles. The van der Waals surface area contributed by atoms with Gasteiger partial charge < -0.3 is 5.73 Å². The average molecular weight is 289 g/mol. The smallest absolute Gasteiger partial charge is 0.153 e. The number of aromatic nitrogens is 3. The molecular formula is C9H7BrF2N4. The van der Waals surface area contributed by atoms with Crippen LogP contribution in [0.4, 0.5) is 8.78 Å². The van der Waals surface area contributed by atoms with Crippen LogP contribution in [0.3, 0.4) is 0 Å². The highest BCUT2D eigenvalue weighted by molar-refractivity contribution is 9.10. The Balaban J connectivity index is 2.64. The number of nitrogens with zero attached hydrogens (tertiary/aromatic N) is 3. The quantitative estimate of drug-likeness (QED) is 0.916. The van der Waals surface area contributed by atoms with Crippen molar-refractivity contribution in [2.24, 2.45) is 5.73 Å². The average Bonchev–Trinajstić information content (AvgIpc) is 2.64. The summed E-state index contributed by atoms with van der Waals surface area (Å²) in [5, 5.41) is 7.33. The zero-order valence-corrected chi connectivity index (χ0v) is 9.58. The summed E-state index contributed by atoms with van der Waals surface area (Å²) in [5.41, 5.74) is 6.08. The molecule has 0 amide bonds. The Bertz CT molecular complexity index is 503. The summed E-state index contributed by atoms with van der Waals surface area (Å²) in [5.74, 6) is -1.39. The molecule has 0 radical (unpaired) electrons. The third kappa shape index (κ3) is 1.83. The van der Waals surface area contributed by atoms with Crippen molar-refractivity contribution < 1.29 is 8.78 Å². The lowest BCUT2D eigenvalue weighted by atomic mass is 10.3. The van der Waals surface area contributed by atoms with Gasteiger partial charge in [-0.05, 0) is 22.0 Å². The Labute approximate surface area is 98.2 Å². The van der Waals surface area contributed by atoms with E-state index >= 15 is 0 Å². The van der Waals surface area contributed by atoms with Gasteiger partial charge in [0.15, 0.2) is 5.82 Å². The van der Waals surface area contributed by atoms with Crippen molar-refractivity contribution in [3.05, 3.63) is 40.1 Å². The lowest BCUT2D eigenvalue weighted by Gasteiger charge is -2.08. The Morgan fingerprint density at radius 2 is 2.12 bits per heavy atom. The molecule has 2 N–H and O–H groups in total. The lowest BCUT2D eigenvalue weighted by Crippen LogP contribution is -2.09. The molecule has 2 rings (SSSR count). The van der Waals surface area contributed by atoms with Crippen molar-refractivity contribution in [2.45, 2.75) is 6.54 Å². The maximum atomic E-state index is 13.6. The molecule has 2 aromatic rings. The highest BCUT2D eigenvalue weighted by Gasteiger charge is 2.15. The van der Waals surface area contributed by atoms with Gasteiger partial charge >= 0.3 is 0 Å². The Hall–Kier alpha value is -1.34. The van der Waals surface area contributed by atoms with Gasteiger partial charge in [0.25, 0.3) is 0 Å². The summed E-state index contributed by atoms with van der Waals surface area (Å²) in [6.07, 6.45) is 1.43. The van der Waals surface area contributed by atoms with E-state index in [1.165, 1.54) is 10.9 Å². The highest BCUT2D eigenvalue weighted by atomic mass is 79.9. The summed E-state index contributed by atoms with van der Waals surface area (Å²) < 4.78 is 28.0. The van der Waals surface area contributed by atoms with Crippen LogP contribution in [0.25, 0.3) is 5.69 Å². The van der Waals surface area contributed by atoms with Crippen LogP contribution < -0.4 is 5.73 Å². The second-order valence-electron chi connectivity index (χ2n) is 3.06. The van der Waals surface area contributed by atoms with E-state index in [1.54, 1.807) is 0 Å². The summed E-state index contributed by atoms with van der Waals surface area (Å²) in [6, 6.07) is 1.93. The SMILES string of the molecule is NCc1cnnn1-c1c(F)cc(F)cc1Br. The normalized spacial score (nSPS) is 10.8. The van der Waals surface area contributed by atoms with Crippen LogP contribution in [-0.4, -0.2) is 15.0 Å². The molecule has 1 heterocycles. The van der Waals surface area contributed by atoms with Gasteiger partial charge in [0.05, 0.1) is 11.9 Å². The van der Waals surface area contributed by atoms with Gasteiger partial charge in [-0.3, -0.25) is 0 Å². The topological polar surface area (TPSA) is 56.7 Å². The third-order valence-electron chi connectivity index (χ3n) is 2.02. The number of nitrogens with two attached hydrogens (primary N) is 1. The van der Waals surface area contributed by atoms with E-state index < -0.39 is 11.6 Å². The Morgan fingerprint density at radius 1 is 1.38 bits per heavy atom. The summed E-state index contributed by atoms with van der Waals surface area (Å²) >= 11 is 3.07. The van der Waals surface area contributed by atoms with E-state index in [-0.39, 0.29) is 16.7 Å². The summed E-state index contributed by atoms with van der Waals surface area (Å²) in [4.78, 5) is 0. The second-order valence-corrected chi connectivity index (χ2v) is 3.91. The van der Waals surface area contributed by atoms with Crippen molar-refractivity contribution in [1.29, 1.82) is 0 Å². The molecule has 1 aromatic heterocycles. The van der Waals surface area contributed by atoms with Crippen molar-refractivity contribution in [3.63, 3.8) is 0 Å². The fourth-order valence-electron chi connectivity index (χ4n) is 1.32. The first-order chi connectivity index (χ1) is 7.63. The zero-order chi connectivity index (χ0) is 11.7. The first-order valence-electron chi connectivity index (χ1n) is 4.38. The van der Waals surface area contributed by atoms with Gasteiger partial charge in [-0.1, -0.05) is 5.21 Å². The van der Waals surface area contributed by atoms with E-state index in [0.717, 1.165) is 12.1 Å². The van der Waals surface area contributed by atoms with E-state index in [9.17, 15) is 8.78 Å². The molecule has 0 aliphatic rings. The largest absolute Gasteiger partial charge is 0.325 e. The number of hydrogen-bond acceptors (Lipinski definition) is 3. The minimum absolute atomic E-state index is 0.0966. The van der Waals surface area contributed by atoms with Gasteiger partial charge in [-0.15, -0.1) is 5.10 Å². The van der Waals surface area contributed by atoms with Crippen LogP contribution in [0, 0.1) is 11.6 Å². The first-order valence-corrected chi connectivity index (χ1v) is 5.17. The van der Waals surface area contributed by atoms with Gasteiger partial charge in [0, 0.05) is 17.1 Å². The van der Waals surface area contributed by atoms with Gasteiger partial charge in [0.1, 0.15) is 11.5 Å². The van der Waals surface area contributed by atoms with E-state index in [0.29, 0.717) is 5.69 Å². The van der Waals surface area contributed by atoms with Gasteiger partial charge in [-0.2, -0.15) is 0 Å². The van der Waals surface area contributed by atoms with E-state index in [2.05, 4.69) is 26.2 Å². The Morgan fingerprint density at radius 3 is 2.75 bits per heavy atom. The second kappa shape index (κ2) is 4.26. The van der Waals surface area contributed by atoms with E-state index in [1.807, 2.05) is 0 Å². The maximum Gasteiger partial charge on any atom is 0.153 e. The third-order valence-corrected chi connectivity index (χ3v) is 2.63. The molecule has 0 atom stereocenters. The van der Waals surface area contributed by atoms with Crippen LogP contribution in [0.5, 0.6) is 0 Å². The molecule has 4 nitrogen and oxygen atoms in total. The summed E-state index contributed by atoms with van der Waals surface area (Å²) in [6.45, 7) is 0.163. The number of hydrogen-bond donors (Lipinski definition) is 1. The van der Waals surface area contributed by atoms with Crippen LogP contribution in [0.1, 0.15) is 5.69 Å². The Kier molecular flexibility index (Phi) is 2.97. The molecular weight excluding hydrogens is 282 g/mol. The van der Waals surface area contributed by atoms with Crippen LogP contribution in [0.2, 0.25) is 0 Å². The van der Waals surface area contributed by atoms with Crippen molar-refractivity contribution in [2.75, 3.05) is 0 Å². The van der Waals surface area contributed by atoms with Crippen molar-refractivity contribution in [3.8, 4) is 5.69 Å². The maximum absolute atomic E-state index is 13.6. The van der Waals surface area contributed by atoms with Crippen LogP contribution in [0.15, 0.2) is 22.8 Å². The van der Waals surface area contributed by atoms with Gasteiger partial charge in [0.2, 0.25) is 0 Å². The number of rotatable bonds is 2. The van der Waals surface area contributed by atoms with Crippen LogP contribution >= 0.6 is 15.9 Å². The minimum atomic E-state index is -0.730. The highest BCUT2D eigenvalue weighted by Crippen LogP contribution is 2.25. The number of benzene rings is 1. The molecule has 1 aromatic carbocycles. The van der Waals surface area contributed by atoms with Crippen LogP contribution in [-0.2, 0) is 6.54 Å². The van der Waals surface area contributed by atoms with E-state index in [4.69, 9.17) is 5.73 Å². The molecule has 0 spiro atoms. The minimum Gasteiger partial charge on any atom is -0.325 e. The van der Waals surface area contributed by atoms with Crippen molar-refractivity contribution in [1.82, 2.24) is 15.0 Å². The predicted octanol–water partition coefficient (Wildman–Crippen LogP) is 1.77. The molecule has 0 fully saturated rings. The lowest BCUT2D eigenvalue weighted by molar-refractivity contribution is 0.567. The molecule has 84 valence electrons. The molecule has 0 bridgehead atoms. The first kappa shape index (κ1) is 11.2. The van der Waals surface area contributed by atoms with Gasteiger partial charge in [-0.25, -0.2) is 13.5 Å². The molecule has 16 heavy (non-hydrogen) atoms. The molecule has 0 unspecified atom stereocenters. The summed E-state index contributed by atoms with van der Waals surface area (Å²) in [7, 11) is 0. The zero-order valence-electron chi connectivity index (χ0n) is 7.99. The molecule has 7 heteroatoms.